The Bertz CT molecular complexity index is 564. The van der Waals surface area contributed by atoms with Gasteiger partial charge >= 0.3 is 0 Å². The Kier molecular flexibility index (Phi) is 3.02. The van der Waals surface area contributed by atoms with E-state index in [4.69, 9.17) is 23.1 Å². The lowest BCUT2D eigenvalue weighted by Gasteiger charge is -2.06. The van der Waals surface area contributed by atoms with Crippen LogP contribution in [0.15, 0.2) is 42.5 Å². The Hall–Kier alpha value is -2.00. The molecule has 2 aromatic rings. The summed E-state index contributed by atoms with van der Waals surface area (Å²) < 4.78 is 0. The van der Waals surface area contributed by atoms with E-state index in [1.807, 2.05) is 18.2 Å². The number of carbonyl (C=O) groups is 1. The van der Waals surface area contributed by atoms with Gasteiger partial charge in [-0.25, -0.2) is 0 Å². The molecule has 0 unspecified atom stereocenters. The van der Waals surface area contributed by atoms with E-state index in [-0.39, 0.29) is 0 Å². The maximum atomic E-state index is 11.2. The van der Waals surface area contributed by atoms with E-state index >= 15 is 0 Å². The number of hydrogen-bond acceptors (Lipinski definition) is 2. The van der Waals surface area contributed by atoms with Gasteiger partial charge in [-0.15, -0.1) is 0 Å². The molecule has 1 amide bonds. The summed E-state index contributed by atoms with van der Waals surface area (Å²) in [5, 5.41) is 0.666. The molecule has 17 heavy (non-hydrogen) atoms. The molecule has 4 heteroatoms. The monoisotopic (exact) mass is 246 g/mol. The maximum absolute atomic E-state index is 11.2. The summed E-state index contributed by atoms with van der Waals surface area (Å²) in [6, 6.07) is 12.5. The zero-order chi connectivity index (χ0) is 12.4. The number of anilines is 1. The third-order valence-electron chi connectivity index (χ3n) is 2.50. The minimum absolute atomic E-state index is 0.331. The molecular weight excluding hydrogens is 236 g/mol. The number of nitrogen functional groups attached to an aromatic ring is 1. The molecule has 2 rings (SSSR count). The molecule has 0 spiro atoms. The lowest BCUT2D eigenvalue weighted by atomic mass is 10.0. The van der Waals surface area contributed by atoms with Crippen LogP contribution in [0.3, 0.4) is 0 Å². The molecule has 0 aliphatic rings. The van der Waals surface area contributed by atoms with E-state index in [2.05, 4.69) is 0 Å². The van der Waals surface area contributed by atoms with Crippen LogP contribution in [0, 0.1) is 0 Å². The van der Waals surface area contributed by atoms with Crippen LogP contribution >= 0.6 is 11.6 Å². The molecule has 0 bridgehead atoms. The molecule has 0 atom stereocenters. The highest BCUT2D eigenvalue weighted by molar-refractivity contribution is 6.30. The number of primary amides is 1. The summed E-state index contributed by atoms with van der Waals surface area (Å²) in [6.07, 6.45) is 0. The van der Waals surface area contributed by atoms with Gasteiger partial charge in [0.2, 0.25) is 0 Å². The topological polar surface area (TPSA) is 69.1 Å². The first-order chi connectivity index (χ1) is 8.08. The van der Waals surface area contributed by atoms with Gasteiger partial charge in [0, 0.05) is 10.7 Å². The van der Waals surface area contributed by atoms with Crippen molar-refractivity contribution in [1.29, 1.82) is 0 Å². The first kappa shape index (κ1) is 11.5. The summed E-state index contributed by atoms with van der Waals surface area (Å²) in [4.78, 5) is 11.2. The lowest BCUT2D eigenvalue weighted by Crippen LogP contribution is -2.13. The summed E-state index contributed by atoms with van der Waals surface area (Å²) in [7, 11) is 0. The fourth-order valence-electron chi connectivity index (χ4n) is 1.59. The molecule has 0 aliphatic carbocycles. The van der Waals surface area contributed by atoms with E-state index in [0.717, 1.165) is 11.1 Å². The molecule has 0 radical (unpaired) electrons. The quantitative estimate of drug-likeness (QED) is 0.800. The van der Waals surface area contributed by atoms with Gasteiger partial charge in [0.15, 0.2) is 0 Å². The van der Waals surface area contributed by atoms with Crippen LogP contribution in [0.1, 0.15) is 10.4 Å². The number of carbonyl (C=O) groups excluding carboxylic acids is 1. The summed E-state index contributed by atoms with van der Waals surface area (Å²) in [6.45, 7) is 0. The number of nitrogens with two attached hydrogens (primary N) is 2. The SMILES string of the molecule is NC(=O)c1cc(-c2ccc(Cl)cc2)ccc1N. The fourth-order valence-corrected chi connectivity index (χ4v) is 1.72. The molecule has 0 saturated heterocycles. The Morgan fingerprint density at radius 3 is 2.18 bits per heavy atom. The molecule has 0 heterocycles. The van der Waals surface area contributed by atoms with Crippen LogP contribution in [0.4, 0.5) is 5.69 Å². The van der Waals surface area contributed by atoms with Gasteiger partial charge in [0.05, 0.1) is 5.56 Å². The average molecular weight is 247 g/mol. The van der Waals surface area contributed by atoms with Crippen molar-refractivity contribution in [1.82, 2.24) is 0 Å². The van der Waals surface area contributed by atoms with E-state index in [1.54, 1.807) is 24.3 Å². The largest absolute Gasteiger partial charge is 0.398 e. The van der Waals surface area contributed by atoms with Gasteiger partial charge in [0.1, 0.15) is 0 Å². The van der Waals surface area contributed by atoms with Gasteiger partial charge in [-0.3, -0.25) is 4.79 Å². The summed E-state index contributed by atoms with van der Waals surface area (Å²) in [5.41, 5.74) is 13.5. The molecule has 2 aromatic carbocycles. The van der Waals surface area contributed by atoms with Gasteiger partial charge in [-0.1, -0.05) is 29.8 Å². The molecule has 4 N–H and O–H groups in total. The Balaban J connectivity index is 2.50. The van der Waals surface area contributed by atoms with E-state index < -0.39 is 5.91 Å². The van der Waals surface area contributed by atoms with E-state index in [9.17, 15) is 4.79 Å². The van der Waals surface area contributed by atoms with Gasteiger partial charge < -0.3 is 11.5 Å². The smallest absolute Gasteiger partial charge is 0.250 e. The second kappa shape index (κ2) is 4.47. The van der Waals surface area contributed by atoms with Crippen molar-refractivity contribution in [2.45, 2.75) is 0 Å². The molecule has 0 aliphatic heterocycles. The van der Waals surface area contributed by atoms with Gasteiger partial charge in [0.25, 0.3) is 5.91 Å². The molecule has 0 aromatic heterocycles. The van der Waals surface area contributed by atoms with Crippen molar-refractivity contribution < 1.29 is 4.79 Å². The Morgan fingerprint density at radius 1 is 1.00 bits per heavy atom. The van der Waals surface area contributed by atoms with Crippen molar-refractivity contribution in [2.75, 3.05) is 5.73 Å². The van der Waals surface area contributed by atoms with Crippen molar-refractivity contribution in [2.24, 2.45) is 5.73 Å². The summed E-state index contributed by atoms with van der Waals surface area (Å²) in [5.74, 6) is -0.529. The molecule has 3 nitrogen and oxygen atoms in total. The minimum Gasteiger partial charge on any atom is -0.398 e. The minimum atomic E-state index is -0.529. The molecule has 0 fully saturated rings. The summed E-state index contributed by atoms with van der Waals surface area (Å²) >= 11 is 5.81. The standard InChI is InChI=1S/C13H11ClN2O/c14-10-4-1-8(2-5-10)9-3-6-12(15)11(7-9)13(16)17/h1-7H,15H2,(H2,16,17). The zero-order valence-electron chi connectivity index (χ0n) is 8.98. The van der Waals surface area contributed by atoms with Crippen molar-refractivity contribution in [3.05, 3.63) is 53.1 Å². The van der Waals surface area contributed by atoms with Crippen molar-refractivity contribution in [3.63, 3.8) is 0 Å². The highest BCUT2D eigenvalue weighted by Gasteiger charge is 2.07. The number of halogens is 1. The number of amides is 1. The van der Waals surface area contributed by atoms with Crippen LogP contribution in [0.25, 0.3) is 11.1 Å². The van der Waals surface area contributed by atoms with Crippen LogP contribution in [0.5, 0.6) is 0 Å². The predicted molar refractivity (Wildman–Crippen MR) is 69.8 cm³/mol. The third kappa shape index (κ3) is 2.40. The third-order valence-corrected chi connectivity index (χ3v) is 2.75. The molecule has 0 saturated carbocycles. The van der Waals surface area contributed by atoms with Crippen molar-refractivity contribution in [3.8, 4) is 11.1 Å². The highest BCUT2D eigenvalue weighted by Crippen LogP contribution is 2.24. The van der Waals surface area contributed by atoms with Crippen LogP contribution in [-0.4, -0.2) is 5.91 Å². The Labute approximate surface area is 104 Å². The number of benzene rings is 2. The zero-order valence-corrected chi connectivity index (χ0v) is 9.74. The average Bonchev–Trinajstić information content (AvgIpc) is 2.30. The van der Waals surface area contributed by atoms with Crippen LogP contribution < -0.4 is 11.5 Å². The molecular formula is C13H11ClN2O. The molecule has 86 valence electrons. The second-order valence-corrected chi connectivity index (χ2v) is 4.11. The maximum Gasteiger partial charge on any atom is 0.250 e. The van der Waals surface area contributed by atoms with E-state index in [0.29, 0.717) is 16.3 Å². The fraction of sp³-hybridized carbons (Fsp3) is 0. The Morgan fingerprint density at radius 2 is 1.59 bits per heavy atom. The number of hydrogen-bond donors (Lipinski definition) is 2. The first-order valence-electron chi connectivity index (χ1n) is 5.03. The predicted octanol–water partition coefficient (Wildman–Crippen LogP) is 2.69. The lowest BCUT2D eigenvalue weighted by molar-refractivity contribution is 0.100. The first-order valence-corrected chi connectivity index (χ1v) is 5.41. The van der Waals surface area contributed by atoms with Gasteiger partial charge in [-0.05, 0) is 35.4 Å². The highest BCUT2D eigenvalue weighted by atomic mass is 35.5. The van der Waals surface area contributed by atoms with Gasteiger partial charge in [-0.2, -0.15) is 0 Å². The van der Waals surface area contributed by atoms with Crippen molar-refractivity contribution >= 4 is 23.2 Å². The van der Waals surface area contributed by atoms with Crippen LogP contribution in [0.2, 0.25) is 5.02 Å². The number of rotatable bonds is 2. The second-order valence-electron chi connectivity index (χ2n) is 3.67. The van der Waals surface area contributed by atoms with Crippen LogP contribution in [-0.2, 0) is 0 Å². The normalized spacial score (nSPS) is 10.2. The van der Waals surface area contributed by atoms with E-state index in [1.165, 1.54) is 0 Å².